The standard InChI is InChI=1S/C27H40N4O6Si/c1-28-24-20(29-12-10-19(11-13-29)26-36-14-15-37-26)6-5-7-21(24)31(27(28)34)22-8-9-23(32)30(25(22)33)18-35-16-17-38(2,3)4/h5-7,19,22,26H,8-18H2,1-4H3. The number of carbonyl (C=O) groups excluding carboxylic acids is 2. The molecule has 4 heterocycles. The molecule has 38 heavy (non-hydrogen) atoms. The Kier molecular flexibility index (Phi) is 7.81. The molecule has 3 aliphatic heterocycles. The van der Waals surface area contributed by atoms with Gasteiger partial charge < -0.3 is 19.1 Å². The summed E-state index contributed by atoms with van der Waals surface area (Å²) in [6, 6.07) is 6.10. The zero-order valence-corrected chi connectivity index (χ0v) is 24.0. The second-order valence-corrected chi connectivity index (χ2v) is 17.5. The molecule has 1 aromatic heterocycles. The summed E-state index contributed by atoms with van der Waals surface area (Å²) in [5.74, 6) is -0.240. The van der Waals surface area contributed by atoms with Gasteiger partial charge in [-0.25, -0.2) is 4.79 Å². The van der Waals surface area contributed by atoms with Crippen molar-refractivity contribution in [3.05, 3.63) is 28.7 Å². The summed E-state index contributed by atoms with van der Waals surface area (Å²) >= 11 is 0. The fraction of sp³-hybridized carbons (Fsp3) is 0.667. The highest BCUT2D eigenvalue weighted by atomic mass is 28.3. The van der Waals surface area contributed by atoms with Crippen LogP contribution in [0.4, 0.5) is 5.69 Å². The fourth-order valence-electron chi connectivity index (χ4n) is 5.77. The number of para-hydroxylation sites is 1. The van der Waals surface area contributed by atoms with E-state index in [9.17, 15) is 14.4 Å². The number of imidazole rings is 1. The number of nitrogens with zero attached hydrogens (tertiary/aromatic N) is 4. The zero-order chi connectivity index (χ0) is 27.0. The first kappa shape index (κ1) is 27.1. The number of aryl methyl sites for hydroxylation is 1. The van der Waals surface area contributed by atoms with Gasteiger partial charge in [-0.15, -0.1) is 0 Å². The first-order valence-electron chi connectivity index (χ1n) is 13.8. The Balaban J connectivity index is 1.37. The van der Waals surface area contributed by atoms with E-state index in [0.29, 0.717) is 37.7 Å². The van der Waals surface area contributed by atoms with Crippen LogP contribution in [0.1, 0.15) is 31.7 Å². The van der Waals surface area contributed by atoms with Gasteiger partial charge in [-0.2, -0.15) is 0 Å². The highest BCUT2D eigenvalue weighted by Crippen LogP contribution is 2.34. The third kappa shape index (κ3) is 5.34. The molecular weight excluding hydrogens is 504 g/mol. The van der Waals surface area contributed by atoms with Crippen LogP contribution >= 0.6 is 0 Å². The molecular formula is C27H40N4O6Si. The first-order valence-corrected chi connectivity index (χ1v) is 17.5. The highest BCUT2D eigenvalue weighted by Gasteiger charge is 2.38. The number of rotatable bonds is 8. The number of imide groups is 1. The largest absolute Gasteiger partial charge is 0.370 e. The fourth-order valence-corrected chi connectivity index (χ4v) is 6.52. The van der Waals surface area contributed by atoms with E-state index in [1.807, 2.05) is 18.2 Å². The summed E-state index contributed by atoms with van der Waals surface area (Å²) in [5, 5.41) is 0. The molecule has 2 aromatic rings. The lowest BCUT2D eigenvalue weighted by atomic mass is 9.95. The number of likely N-dealkylation sites (tertiary alicyclic amines) is 1. The Bertz CT molecular complexity index is 1240. The van der Waals surface area contributed by atoms with Crippen molar-refractivity contribution in [3.8, 4) is 0 Å². The Labute approximate surface area is 224 Å². The molecule has 1 atom stereocenters. The predicted octanol–water partition coefficient (Wildman–Crippen LogP) is 2.93. The van der Waals surface area contributed by atoms with Gasteiger partial charge >= 0.3 is 5.69 Å². The Morgan fingerprint density at radius 2 is 1.74 bits per heavy atom. The number of piperidine rings is 2. The van der Waals surface area contributed by atoms with Gasteiger partial charge in [0.1, 0.15) is 12.8 Å². The second kappa shape index (κ2) is 11.0. The Morgan fingerprint density at radius 1 is 1.03 bits per heavy atom. The van der Waals surface area contributed by atoms with E-state index in [1.165, 1.54) is 4.90 Å². The van der Waals surface area contributed by atoms with Crippen molar-refractivity contribution in [3.63, 3.8) is 0 Å². The second-order valence-electron chi connectivity index (χ2n) is 11.9. The average Bonchev–Trinajstić information content (AvgIpc) is 3.51. The molecule has 0 saturated carbocycles. The highest BCUT2D eigenvalue weighted by molar-refractivity contribution is 6.76. The zero-order valence-electron chi connectivity index (χ0n) is 23.0. The van der Waals surface area contributed by atoms with Gasteiger partial charge in [0, 0.05) is 47.2 Å². The van der Waals surface area contributed by atoms with Crippen molar-refractivity contribution in [1.82, 2.24) is 14.0 Å². The topological polar surface area (TPSA) is 95.2 Å². The van der Waals surface area contributed by atoms with E-state index in [1.54, 1.807) is 16.2 Å². The van der Waals surface area contributed by atoms with Crippen LogP contribution in [-0.2, 0) is 30.8 Å². The number of benzene rings is 1. The lowest BCUT2D eigenvalue weighted by Crippen LogP contribution is -2.48. The molecule has 0 radical (unpaired) electrons. The molecule has 1 unspecified atom stereocenters. The average molecular weight is 545 g/mol. The Hall–Kier alpha value is -2.47. The third-order valence-corrected chi connectivity index (χ3v) is 9.71. The molecule has 10 nitrogen and oxygen atoms in total. The normalized spacial score (nSPS) is 22.3. The summed E-state index contributed by atoms with van der Waals surface area (Å²) in [6.07, 6.45) is 2.30. The maximum absolute atomic E-state index is 13.5. The smallest absolute Gasteiger partial charge is 0.329 e. The number of hydrogen-bond acceptors (Lipinski definition) is 7. The van der Waals surface area contributed by atoms with E-state index >= 15 is 0 Å². The lowest BCUT2D eigenvalue weighted by Gasteiger charge is -2.35. The molecule has 0 bridgehead atoms. The van der Waals surface area contributed by atoms with Gasteiger partial charge in [-0.1, -0.05) is 25.7 Å². The first-order chi connectivity index (χ1) is 18.2. The number of anilines is 1. The minimum atomic E-state index is -1.29. The number of carbonyl (C=O) groups is 2. The van der Waals surface area contributed by atoms with Crippen molar-refractivity contribution < 1.29 is 23.8 Å². The number of fused-ring (bicyclic) bond motifs is 1. The quantitative estimate of drug-likeness (QED) is 0.287. The van der Waals surface area contributed by atoms with E-state index in [0.717, 1.165) is 43.2 Å². The van der Waals surface area contributed by atoms with Crippen LogP contribution in [0.3, 0.4) is 0 Å². The number of ether oxygens (including phenoxy) is 3. The van der Waals surface area contributed by atoms with Gasteiger partial charge in [0.05, 0.1) is 29.9 Å². The maximum atomic E-state index is 13.5. The molecule has 2 amide bonds. The molecule has 208 valence electrons. The van der Waals surface area contributed by atoms with Crippen LogP contribution in [0.5, 0.6) is 0 Å². The molecule has 0 aliphatic carbocycles. The van der Waals surface area contributed by atoms with Crippen LogP contribution in [0, 0.1) is 5.92 Å². The molecule has 1 aromatic carbocycles. The van der Waals surface area contributed by atoms with Gasteiger partial charge in [0.25, 0.3) is 5.91 Å². The van der Waals surface area contributed by atoms with E-state index < -0.39 is 14.1 Å². The van der Waals surface area contributed by atoms with Crippen LogP contribution in [-0.4, -0.2) is 79.9 Å². The predicted molar refractivity (Wildman–Crippen MR) is 147 cm³/mol. The minimum Gasteiger partial charge on any atom is -0.370 e. The minimum absolute atomic E-state index is 0.0627. The summed E-state index contributed by atoms with van der Waals surface area (Å²) in [7, 11) is 0.469. The van der Waals surface area contributed by atoms with Gasteiger partial charge in [-0.05, 0) is 37.4 Å². The summed E-state index contributed by atoms with van der Waals surface area (Å²) < 4.78 is 20.4. The van der Waals surface area contributed by atoms with Crippen molar-refractivity contribution in [2.24, 2.45) is 13.0 Å². The van der Waals surface area contributed by atoms with Gasteiger partial charge in [-0.3, -0.25) is 23.6 Å². The molecule has 3 saturated heterocycles. The van der Waals surface area contributed by atoms with Crippen molar-refractivity contribution >= 4 is 36.6 Å². The van der Waals surface area contributed by atoms with Crippen LogP contribution in [0.15, 0.2) is 23.0 Å². The van der Waals surface area contributed by atoms with E-state index in [4.69, 9.17) is 14.2 Å². The maximum Gasteiger partial charge on any atom is 0.329 e. The van der Waals surface area contributed by atoms with Crippen molar-refractivity contribution in [2.75, 3.05) is 44.5 Å². The molecule has 0 spiro atoms. The van der Waals surface area contributed by atoms with Gasteiger partial charge in [0.15, 0.2) is 6.29 Å². The number of amides is 2. The summed E-state index contributed by atoms with van der Waals surface area (Å²) in [6.45, 7) is 10.2. The monoisotopic (exact) mass is 544 g/mol. The number of aromatic nitrogens is 2. The molecule has 3 aliphatic rings. The molecule has 0 N–H and O–H groups in total. The van der Waals surface area contributed by atoms with Crippen LogP contribution in [0.2, 0.25) is 25.7 Å². The van der Waals surface area contributed by atoms with Crippen LogP contribution < -0.4 is 10.6 Å². The summed E-state index contributed by atoms with van der Waals surface area (Å²) in [5.41, 5.74) is 2.26. The molecule has 11 heteroatoms. The molecule has 3 fully saturated rings. The summed E-state index contributed by atoms with van der Waals surface area (Å²) in [4.78, 5) is 43.2. The van der Waals surface area contributed by atoms with E-state index in [-0.39, 0.29) is 36.9 Å². The van der Waals surface area contributed by atoms with Gasteiger partial charge in [0.2, 0.25) is 5.91 Å². The Morgan fingerprint density at radius 3 is 2.42 bits per heavy atom. The third-order valence-electron chi connectivity index (χ3n) is 8.01. The van der Waals surface area contributed by atoms with Crippen molar-refractivity contribution in [1.29, 1.82) is 0 Å². The SMILES string of the molecule is Cn1c(=O)n(C2CCC(=O)N(COCC[Si](C)(C)C)C2=O)c2cccc(N3CCC(C4OCCO4)CC3)c21. The van der Waals surface area contributed by atoms with Crippen molar-refractivity contribution in [2.45, 2.75) is 63.7 Å². The molecule has 5 rings (SSSR count). The van der Waals surface area contributed by atoms with Crippen LogP contribution in [0.25, 0.3) is 11.0 Å². The van der Waals surface area contributed by atoms with E-state index in [2.05, 4.69) is 24.5 Å². The number of hydrogen-bond donors (Lipinski definition) is 0. The lowest BCUT2D eigenvalue weighted by molar-refractivity contribution is -0.157.